The maximum atomic E-state index is 9.94. The molecule has 9 heteroatoms. The van der Waals surface area contributed by atoms with Crippen molar-refractivity contribution in [1.29, 1.82) is 0 Å². The molecule has 0 bridgehead atoms. The van der Waals surface area contributed by atoms with E-state index in [2.05, 4.69) is 32.4 Å². The summed E-state index contributed by atoms with van der Waals surface area (Å²) in [6.45, 7) is 0.616. The summed E-state index contributed by atoms with van der Waals surface area (Å²) in [7, 11) is 0. The van der Waals surface area contributed by atoms with E-state index in [-0.39, 0.29) is 18.8 Å². The summed E-state index contributed by atoms with van der Waals surface area (Å²) in [6.07, 6.45) is 7.76. The lowest BCUT2D eigenvalue weighted by Crippen LogP contribution is -2.37. The minimum absolute atomic E-state index is 0.120. The molecule has 174 valence electrons. The highest BCUT2D eigenvalue weighted by molar-refractivity contribution is 5.82. The zero-order chi connectivity index (χ0) is 22.3. The summed E-state index contributed by atoms with van der Waals surface area (Å²) >= 11 is 0. The number of aliphatic hydroxyl groups is 1. The molecule has 1 unspecified atom stereocenters. The van der Waals surface area contributed by atoms with Crippen LogP contribution in [0.25, 0.3) is 11.2 Å². The standard InChI is InChI=1S/C24H29N5O4/c30-13-17-19-20(33-24(32-19)10-5-2-6-11-24)23(31-17)29-15-28-18-21(26-14-27-22(18)29)25-12-9-16-7-3-1-4-8-16/h1,3-4,7-8,14-15,17,19-20,23,30H,2,5-6,9-13H2,(H,25,26,27)/t17-,19?,20+,23-/m1/s1. The maximum Gasteiger partial charge on any atom is 0.169 e. The normalized spacial score (nSPS) is 28.4. The number of hydrogen-bond acceptors (Lipinski definition) is 8. The van der Waals surface area contributed by atoms with Gasteiger partial charge in [0, 0.05) is 19.4 Å². The van der Waals surface area contributed by atoms with Crippen LogP contribution >= 0.6 is 0 Å². The van der Waals surface area contributed by atoms with Crippen LogP contribution in [-0.4, -0.2) is 61.9 Å². The SMILES string of the molecule is OC[C@H]1O[C@@H](n2cnc3c(NCCc4ccccc4)ncnc32)[C@H]2OC3(CCCCC3)OC12. The summed E-state index contributed by atoms with van der Waals surface area (Å²) < 4.78 is 21.0. The van der Waals surface area contributed by atoms with Gasteiger partial charge in [0.1, 0.15) is 24.6 Å². The predicted molar refractivity (Wildman–Crippen MR) is 121 cm³/mol. The number of fused-ring (bicyclic) bond motifs is 2. The van der Waals surface area contributed by atoms with Crippen molar-refractivity contribution in [3.63, 3.8) is 0 Å². The smallest absolute Gasteiger partial charge is 0.169 e. The van der Waals surface area contributed by atoms with Gasteiger partial charge in [-0.2, -0.15) is 0 Å². The Morgan fingerprint density at radius 2 is 1.85 bits per heavy atom. The Morgan fingerprint density at radius 1 is 1.03 bits per heavy atom. The van der Waals surface area contributed by atoms with Crippen LogP contribution in [0.1, 0.15) is 43.9 Å². The van der Waals surface area contributed by atoms with Gasteiger partial charge in [-0.05, 0) is 24.8 Å². The monoisotopic (exact) mass is 451 g/mol. The van der Waals surface area contributed by atoms with Gasteiger partial charge in [-0.25, -0.2) is 15.0 Å². The number of aliphatic hydroxyl groups excluding tert-OH is 1. The van der Waals surface area contributed by atoms with Crippen LogP contribution < -0.4 is 5.32 Å². The molecule has 4 heterocycles. The molecule has 1 saturated carbocycles. The molecule has 2 N–H and O–H groups in total. The third-order valence-corrected chi connectivity index (χ3v) is 6.96. The van der Waals surface area contributed by atoms with E-state index in [9.17, 15) is 5.11 Å². The summed E-state index contributed by atoms with van der Waals surface area (Å²) in [6, 6.07) is 10.3. The summed E-state index contributed by atoms with van der Waals surface area (Å²) in [4.78, 5) is 13.5. The van der Waals surface area contributed by atoms with Crippen molar-refractivity contribution in [2.24, 2.45) is 0 Å². The molecule has 9 nitrogen and oxygen atoms in total. The van der Waals surface area contributed by atoms with Gasteiger partial charge in [0.2, 0.25) is 0 Å². The number of nitrogens with one attached hydrogen (secondary N) is 1. The summed E-state index contributed by atoms with van der Waals surface area (Å²) in [5, 5.41) is 13.3. The quantitative estimate of drug-likeness (QED) is 0.590. The van der Waals surface area contributed by atoms with Crippen LogP contribution in [0.15, 0.2) is 43.0 Å². The van der Waals surface area contributed by atoms with Crippen LogP contribution in [-0.2, 0) is 20.6 Å². The number of nitrogens with zero attached hydrogens (tertiary/aromatic N) is 4. The highest BCUT2D eigenvalue weighted by Crippen LogP contribution is 2.48. The van der Waals surface area contributed by atoms with Crippen molar-refractivity contribution in [3.05, 3.63) is 48.5 Å². The van der Waals surface area contributed by atoms with Gasteiger partial charge < -0.3 is 24.6 Å². The number of rotatable bonds is 6. The molecule has 2 aromatic heterocycles. The van der Waals surface area contributed by atoms with Crippen molar-refractivity contribution in [1.82, 2.24) is 19.5 Å². The number of ether oxygens (including phenoxy) is 3. The van der Waals surface area contributed by atoms with Crippen molar-refractivity contribution >= 4 is 17.0 Å². The van der Waals surface area contributed by atoms with Crippen LogP contribution in [0.4, 0.5) is 5.82 Å². The third-order valence-electron chi connectivity index (χ3n) is 6.96. The maximum absolute atomic E-state index is 9.94. The first-order valence-corrected chi connectivity index (χ1v) is 11.8. The van der Waals surface area contributed by atoms with Crippen molar-refractivity contribution in [3.8, 4) is 0 Å². The Kier molecular flexibility index (Phi) is 5.49. The Hall–Kier alpha value is -2.59. The first kappa shape index (κ1) is 21.0. The van der Waals surface area contributed by atoms with Gasteiger partial charge in [0.15, 0.2) is 29.0 Å². The Balaban J connectivity index is 1.24. The number of aromatic nitrogens is 4. The first-order valence-electron chi connectivity index (χ1n) is 11.8. The third kappa shape index (κ3) is 3.78. The molecule has 0 radical (unpaired) electrons. The fourth-order valence-corrected chi connectivity index (χ4v) is 5.33. The molecule has 2 saturated heterocycles. The zero-order valence-electron chi connectivity index (χ0n) is 18.5. The predicted octanol–water partition coefficient (Wildman–Crippen LogP) is 2.82. The largest absolute Gasteiger partial charge is 0.394 e. The van der Waals surface area contributed by atoms with Crippen LogP contribution in [0, 0.1) is 0 Å². The molecule has 1 aromatic carbocycles. The van der Waals surface area contributed by atoms with Crippen molar-refractivity contribution in [2.75, 3.05) is 18.5 Å². The van der Waals surface area contributed by atoms with Gasteiger partial charge in [0.25, 0.3) is 0 Å². The highest BCUT2D eigenvalue weighted by atomic mass is 16.8. The van der Waals surface area contributed by atoms with Gasteiger partial charge in [-0.15, -0.1) is 0 Å². The van der Waals surface area contributed by atoms with Gasteiger partial charge in [0.05, 0.1) is 12.9 Å². The lowest BCUT2D eigenvalue weighted by atomic mass is 9.94. The zero-order valence-corrected chi connectivity index (χ0v) is 18.5. The Morgan fingerprint density at radius 3 is 2.67 bits per heavy atom. The molecule has 33 heavy (non-hydrogen) atoms. The Labute approximate surface area is 192 Å². The van der Waals surface area contributed by atoms with E-state index in [1.165, 1.54) is 18.3 Å². The molecular weight excluding hydrogens is 422 g/mol. The molecule has 2 aliphatic heterocycles. The summed E-state index contributed by atoms with van der Waals surface area (Å²) in [5.41, 5.74) is 2.61. The van der Waals surface area contributed by atoms with Crippen LogP contribution in [0.3, 0.4) is 0 Å². The summed E-state index contributed by atoms with van der Waals surface area (Å²) in [5.74, 6) is 0.133. The number of hydrogen-bond donors (Lipinski definition) is 2. The van der Waals surface area contributed by atoms with E-state index in [1.54, 1.807) is 6.33 Å². The number of anilines is 1. The Bertz CT molecular complexity index is 1100. The average molecular weight is 452 g/mol. The van der Waals surface area contributed by atoms with Gasteiger partial charge >= 0.3 is 0 Å². The second kappa shape index (κ2) is 8.64. The van der Waals surface area contributed by atoms with E-state index < -0.39 is 18.1 Å². The topological polar surface area (TPSA) is 104 Å². The molecule has 3 aliphatic rings. The second-order valence-corrected chi connectivity index (χ2v) is 9.09. The lowest BCUT2D eigenvalue weighted by molar-refractivity contribution is -0.232. The van der Waals surface area contributed by atoms with Gasteiger partial charge in [-0.3, -0.25) is 4.57 Å². The highest BCUT2D eigenvalue weighted by Gasteiger charge is 2.58. The second-order valence-electron chi connectivity index (χ2n) is 9.09. The molecule has 0 amide bonds. The van der Waals surface area contributed by atoms with Crippen molar-refractivity contribution < 1.29 is 19.3 Å². The molecule has 3 fully saturated rings. The fraction of sp³-hybridized carbons (Fsp3) is 0.542. The van der Waals surface area contributed by atoms with E-state index in [4.69, 9.17) is 14.2 Å². The van der Waals surface area contributed by atoms with E-state index in [0.29, 0.717) is 17.0 Å². The van der Waals surface area contributed by atoms with Crippen LogP contribution in [0.5, 0.6) is 0 Å². The van der Waals surface area contributed by atoms with Gasteiger partial charge in [-0.1, -0.05) is 36.8 Å². The lowest BCUT2D eigenvalue weighted by Gasteiger charge is -2.34. The number of benzene rings is 1. The van der Waals surface area contributed by atoms with Crippen molar-refractivity contribution in [2.45, 2.75) is 68.9 Å². The minimum Gasteiger partial charge on any atom is -0.394 e. The first-order chi connectivity index (χ1) is 16.3. The minimum atomic E-state index is -0.557. The van der Waals surface area contributed by atoms with E-state index >= 15 is 0 Å². The van der Waals surface area contributed by atoms with E-state index in [1.807, 2.05) is 22.8 Å². The van der Waals surface area contributed by atoms with Crippen LogP contribution in [0.2, 0.25) is 0 Å². The average Bonchev–Trinajstić information content (AvgIpc) is 3.52. The molecular formula is C24H29N5O4. The molecule has 3 aromatic rings. The number of imidazole rings is 1. The molecule has 6 rings (SSSR count). The van der Waals surface area contributed by atoms with E-state index in [0.717, 1.165) is 38.6 Å². The fourth-order valence-electron chi connectivity index (χ4n) is 5.33. The molecule has 1 spiro atoms. The molecule has 1 aliphatic carbocycles. The molecule has 4 atom stereocenters.